The molecule has 9 rings (SSSR count). The van der Waals surface area contributed by atoms with Crippen LogP contribution >= 0.6 is 0 Å². The second-order valence-corrected chi connectivity index (χ2v) is 17.6. The molecule has 6 atom stereocenters. The van der Waals surface area contributed by atoms with Gasteiger partial charge in [-0.3, -0.25) is 28.9 Å². The highest BCUT2D eigenvalue weighted by atomic mass is 16.7. The molecule has 23 heteroatoms. The van der Waals surface area contributed by atoms with Crippen LogP contribution in [0.25, 0.3) is 22.3 Å². The Morgan fingerprint density at radius 2 is 1.68 bits per heavy atom. The van der Waals surface area contributed by atoms with Gasteiger partial charge in [0.25, 0.3) is 17.4 Å². The van der Waals surface area contributed by atoms with Crippen LogP contribution in [0.1, 0.15) is 71.6 Å². The number of hydrogen-bond acceptors (Lipinski definition) is 17. The molecule has 372 valence electrons. The van der Waals surface area contributed by atoms with Crippen molar-refractivity contribution in [1.29, 1.82) is 0 Å². The number of aliphatic hydroxyl groups is 4. The average Bonchev–Trinajstić information content (AvgIpc) is 4.07. The highest BCUT2D eigenvalue weighted by Gasteiger charge is 2.49. The molecular formula is C48H48N6O17. The Morgan fingerprint density at radius 1 is 0.901 bits per heavy atom. The summed E-state index contributed by atoms with van der Waals surface area (Å²) < 4.78 is 23.4. The van der Waals surface area contributed by atoms with Gasteiger partial charge in [-0.1, -0.05) is 19.1 Å². The van der Waals surface area contributed by atoms with Crippen LogP contribution in [-0.4, -0.2) is 125 Å². The first-order valence-corrected chi connectivity index (χ1v) is 22.8. The molecule has 23 nitrogen and oxygen atoms in total. The number of esters is 1. The van der Waals surface area contributed by atoms with Crippen LogP contribution in [0.4, 0.5) is 10.5 Å². The lowest BCUT2D eigenvalue weighted by atomic mass is 9.86. The van der Waals surface area contributed by atoms with E-state index >= 15 is 0 Å². The van der Waals surface area contributed by atoms with Crippen molar-refractivity contribution >= 4 is 58.3 Å². The first-order valence-electron chi connectivity index (χ1n) is 22.8. The minimum Gasteiger partial charge on any atom is -0.479 e. The Morgan fingerprint density at radius 3 is 2.42 bits per heavy atom. The van der Waals surface area contributed by atoms with Crippen molar-refractivity contribution < 1.29 is 78.0 Å². The number of aliphatic carboxylic acids is 1. The van der Waals surface area contributed by atoms with E-state index in [1.54, 1.807) is 13.0 Å². The highest BCUT2D eigenvalue weighted by molar-refractivity contribution is 6.13. The molecule has 2 aromatic carbocycles. The fourth-order valence-corrected chi connectivity index (χ4v) is 9.54. The number of cyclic esters (lactones) is 1. The Kier molecular flexibility index (Phi) is 13.2. The largest absolute Gasteiger partial charge is 0.479 e. The van der Waals surface area contributed by atoms with E-state index in [1.807, 2.05) is 12.1 Å². The smallest absolute Gasteiger partial charge is 0.407 e. The first-order chi connectivity index (χ1) is 34.0. The van der Waals surface area contributed by atoms with Gasteiger partial charge >= 0.3 is 18.0 Å². The van der Waals surface area contributed by atoms with Crippen molar-refractivity contribution in [2.75, 3.05) is 18.4 Å². The van der Waals surface area contributed by atoms with E-state index in [9.17, 15) is 63.9 Å². The minimum atomic E-state index is -2.02. The molecule has 1 aliphatic carbocycles. The molecule has 71 heavy (non-hydrogen) atoms. The monoisotopic (exact) mass is 980 g/mol. The summed E-state index contributed by atoms with van der Waals surface area (Å²) in [6, 6.07) is 9.59. The van der Waals surface area contributed by atoms with Crippen LogP contribution in [0, 0.1) is 0 Å². The van der Waals surface area contributed by atoms with Crippen LogP contribution in [0.3, 0.4) is 0 Å². The number of carboxylic acid groups (broad SMARTS) is 1. The number of carbonyl (C=O) groups excluding carboxylic acids is 6. The summed E-state index contributed by atoms with van der Waals surface area (Å²) in [7, 11) is 0. The molecule has 1 fully saturated rings. The molecule has 2 aromatic heterocycles. The number of aliphatic hydroxyl groups excluding tert-OH is 3. The third-order valence-corrected chi connectivity index (χ3v) is 13.3. The fourth-order valence-electron chi connectivity index (χ4n) is 9.54. The van der Waals surface area contributed by atoms with E-state index in [0.29, 0.717) is 33.6 Å². The molecule has 0 unspecified atom stereocenters. The number of pyridine rings is 2. The van der Waals surface area contributed by atoms with Gasteiger partial charge in [-0.15, -0.1) is 0 Å². The van der Waals surface area contributed by atoms with Crippen LogP contribution in [0.15, 0.2) is 53.3 Å². The van der Waals surface area contributed by atoms with E-state index in [-0.39, 0.29) is 81.2 Å². The number of carbonyl (C=O) groups is 7. The molecule has 0 bridgehead atoms. The van der Waals surface area contributed by atoms with Gasteiger partial charge in [0.1, 0.15) is 37.3 Å². The van der Waals surface area contributed by atoms with Gasteiger partial charge in [0.15, 0.2) is 11.7 Å². The average molecular weight is 981 g/mol. The number of fused-ring (bicyclic) bond motifs is 7. The van der Waals surface area contributed by atoms with Crippen LogP contribution in [0.5, 0.6) is 5.75 Å². The lowest BCUT2D eigenvalue weighted by Crippen LogP contribution is -2.61. The second-order valence-electron chi connectivity index (χ2n) is 17.6. The van der Waals surface area contributed by atoms with Crippen molar-refractivity contribution in [3.8, 4) is 17.1 Å². The number of aromatic nitrogens is 2. The summed E-state index contributed by atoms with van der Waals surface area (Å²) in [4.78, 5) is 107. The maximum absolute atomic E-state index is 14.0. The van der Waals surface area contributed by atoms with Crippen molar-refractivity contribution in [3.05, 3.63) is 97.8 Å². The number of nitrogens with zero attached hydrogens (tertiary/aromatic N) is 3. The van der Waals surface area contributed by atoms with Gasteiger partial charge in [-0.25, -0.2) is 19.4 Å². The quantitative estimate of drug-likeness (QED) is 0.0507. The van der Waals surface area contributed by atoms with Gasteiger partial charge < -0.3 is 65.0 Å². The molecule has 4 aliphatic heterocycles. The summed E-state index contributed by atoms with van der Waals surface area (Å²) in [5, 5.41) is 60.9. The molecule has 6 heterocycles. The zero-order valence-electron chi connectivity index (χ0n) is 38.0. The zero-order chi connectivity index (χ0) is 50.5. The summed E-state index contributed by atoms with van der Waals surface area (Å²) in [5.74, 6) is -5.04. The van der Waals surface area contributed by atoms with E-state index < -0.39 is 83.5 Å². The SMILES string of the molecule is CC[C@@]1(O)C(=O)OCc2c1cc1n(c2=O)Cc2c-1nc1ccc3c(c1c2CNC(=O)OCc1ccc(O[C@@H]2O[C@H](C(=O)O)[C@@H](O)[C@H](O)[C@H]2O)c(NC(=O)CCNC(=O)CCN2C(=O)C=CC2=O)c1)CCC3. The van der Waals surface area contributed by atoms with E-state index in [0.717, 1.165) is 52.8 Å². The number of nitrogens with one attached hydrogen (secondary N) is 3. The Bertz CT molecular complexity index is 3010. The number of amides is 5. The van der Waals surface area contributed by atoms with Crippen molar-refractivity contribution in [3.63, 3.8) is 0 Å². The number of aryl methyl sites for hydroxylation is 2. The lowest BCUT2D eigenvalue weighted by molar-refractivity contribution is -0.271. The van der Waals surface area contributed by atoms with Gasteiger partial charge in [0.05, 0.1) is 34.7 Å². The summed E-state index contributed by atoms with van der Waals surface area (Å²) >= 11 is 0. The Hall–Kier alpha value is -7.57. The van der Waals surface area contributed by atoms with E-state index in [2.05, 4.69) is 16.0 Å². The number of ether oxygens (including phenoxy) is 4. The molecule has 8 N–H and O–H groups in total. The first kappa shape index (κ1) is 48.5. The van der Waals surface area contributed by atoms with E-state index in [1.165, 1.54) is 22.8 Å². The van der Waals surface area contributed by atoms with Crippen LogP contribution < -0.4 is 26.2 Å². The molecule has 5 aliphatic rings. The van der Waals surface area contributed by atoms with Gasteiger partial charge in [-0.2, -0.15) is 0 Å². The number of anilines is 1. The summed E-state index contributed by atoms with van der Waals surface area (Å²) in [5.41, 5.74) is 3.12. The summed E-state index contributed by atoms with van der Waals surface area (Å²) in [6.45, 7) is 0.617. The van der Waals surface area contributed by atoms with Gasteiger partial charge in [0, 0.05) is 61.1 Å². The van der Waals surface area contributed by atoms with Crippen LogP contribution in [0.2, 0.25) is 0 Å². The third kappa shape index (κ3) is 9.08. The van der Waals surface area contributed by atoms with Crippen molar-refractivity contribution in [1.82, 2.24) is 25.1 Å². The topological polar surface area (TPSA) is 332 Å². The molecular weight excluding hydrogens is 933 g/mol. The molecule has 4 aromatic rings. The molecule has 0 saturated carbocycles. The standard InChI is InChI=1S/C48H48N6O17/c1-2-48(67)28-17-31-38-26(19-54(31)43(62)27(28)21-68-46(48)65)25(37-24-5-3-4-23(24)7-8-29(37)52-38)18-50-47(66)69-20-22-6-9-32(70-45-41(61)39(59)40(60)42(71-45)44(63)64)30(16-22)51-34(56)12-14-49-33(55)13-15-53-35(57)10-11-36(53)58/h6-11,16-17,39-42,45,59-61,67H,2-5,12-15,18-21H2,1H3,(H,49,55)(H,50,66)(H,51,56)(H,63,64)/t39-,40-,41+,42-,45+,48-/m0/s1. The number of hydrogen-bond donors (Lipinski definition) is 8. The third-order valence-electron chi connectivity index (χ3n) is 13.3. The van der Waals surface area contributed by atoms with Crippen molar-refractivity contribution in [2.24, 2.45) is 0 Å². The fraction of sp³-hybridized carbons (Fsp3) is 0.396. The molecule has 5 amide bonds. The lowest BCUT2D eigenvalue weighted by Gasteiger charge is -2.38. The Balaban J connectivity index is 0.923. The summed E-state index contributed by atoms with van der Waals surface area (Å²) in [6.07, 6.45) is -6.52. The second kappa shape index (κ2) is 19.3. The number of carboxylic acids is 1. The predicted octanol–water partition coefficient (Wildman–Crippen LogP) is 0.0256. The number of imide groups is 1. The van der Waals surface area contributed by atoms with E-state index in [4.69, 9.17) is 23.9 Å². The number of benzene rings is 2. The maximum Gasteiger partial charge on any atom is 0.407 e. The number of rotatable bonds is 15. The maximum atomic E-state index is 14.0. The van der Waals surface area contributed by atoms with Crippen LogP contribution in [-0.2, 0) is 87.7 Å². The zero-order valence-corrected chi connectivity index (χ0v) is 38.0. The normalized spacial score (nSPS) is 22.9. The highest BCUT2D eigenvalue weighted by Crippen LogP contribution is 2.42. The minimum absolute atomic E-state index is 0.0284. The molecule has 0 spiro atoms. The predicted molar refractivity (Wildman–Crippen MR) is 242 cm³/mol. The number of alkyl carbamates (subject to hydrolysis) is 1. The Labute approximate surface area is 402 Å². The molecule has 0 radical (unpaired) electrons. The molecule has 1 saturated heterocycles. The van der Waals surface area contributed by atoms with Gasteiger partial charge in [-0.05, 0) is 72.2 Å². The van der Waals surface area contributed by atoms with Gasteiger partial charge in [0.2, 0.25) is 18.1 Å². The van der Waals surface area contributed by atoms with Crippen molar-refractivity contribution in [2.45, 2.75) is 108 Å².